The summed E-state index contributed by atoms with van der Waals surface area (Å²) in [5.41, 5.74) is 2.37. The van der Waals surface area contributed by atoms with E-state index in [1.54, 1.807) is 30.5 Å². The molecule has 3 aromatic rings. The number of carbonyl (C=O) groups is 1. The van der Waals surface area contributed by atoms with E-state index in [1.165, 1.54) is 30.5 Å². The van der Waals surface area contributed by atoms with Crippen molar-refractivity contribution in [3.8, 4) is 11.4 Å². The van der Waals surface area contributed by atoms with Crippen molar-refractivity contribution < 1.29 is 18.8 Å². The number of aromatic nitrogens is 2. The minimum atomic E-state index is -0.677. The highest BCUT2D eigenvalue weighted by atomic mass is 35.5. The number of carbonyl (C=O) groups excluding carboxylic acids is 1. The number of pyridine rings is 1. The van der Waals surface area contributed by atoms with Crippen molar-refractivity contribution in [2.24, 2.45) is 0 Å². The van der Waals surface area contributed by atoms with Crippen LogP contribution in [0.1, 0.15) is 21.7 Å². The van der Waals surface area contributed by atoms with E-state index in [-0.39, 0.29) is 23.2 Å². The molecular formula is C19H15ClFN3O4. The Morgan fingerprint density at radius 2 is 2.07 bits per heavy atom. The smallest absolute Gasteiger partial charge is 0.406 e. The van der Waals surface area contributed by atoms with Gasteiger partial charge in [-0.25, -0.2) is 4.39 Å². The Balaban J connectivity index is 1.86. The zero-order chi connectivity index (χ0) is 20.4. The summed E-state index contributed by atoms with van der Waals surface area (Å²) in [7, 11) is 0. The number of hydrogen-bond acceptors (Lipinski definition) is 5. The number of rotatable bonds is 6. The molecular weight excluding hydrogens is 389 g/mol. The molecule has 0 spiro atoms. The lowest BCUT2D eigenvalue weighted by Gasteiger charge is -2.11. The molecule has 0 aliphatic rings. The van der Waals surface area contributed by atoms with E-state index in [0.717, 1.165) is 5.69 Å². The first kappa shape index (κ1) is 19.5. The predicted molar refractivity (Wildman–Crippen MR) is 101 cm³/mol. The van der Waals surface area contributed by atoms with Crippen molar-refractivity contribution >= 4 is 23.2 Å². The van der Waals surface area contributed by atoms with Crippen LogP contribution in [0.15, 0.2) is 42.6 Å². The van der Waals surface area contributed by atoms with Gasteiger partial charge in [-0.15, -0.1) is 0 Å². The second-order valence-electron chi connectivity index (χ2n) is 6.01. The zero-order valence-corrected chi connectivity index (χ0v) is 15.7. The SMILES string of the molecule is Cc1cc(C(=O)COc2cccnc2[N+](=O)[O-])c(C)n1-c1ccc(F)c(Cl)c1. The van der Waals surface area contributed by atoms with Gasteiger partial charge in [-0.1, -0.05) is 11.6 Å². The third kappa shape index (κ3) is 3.72. The highest BCUT2D eigenvalue weighted by Gasteiger charge is 2.20. The summed E-state index contributed by atoms with van der Waals surface area (Å²) < 4.78 is 20.5. The summed E-state index contributed by atoms with van der Waals surface area (Å²) in [5, 5.41) is 11.0. The number of nitrogens with zero attached hydrogens (tertiary/aromatic N) is 3. The predicted octanol–water partition coefficient (Wildman–Crippen LogP) is 4.45. The maximum Gasteiger partial charge on any atom is 0.406 e. The van der Waals surface area contributed by atoms with E-state index in [2.05, 4.69) is 4.98 Å². The topological polar surface area (TPSA) is 87.3 Å². The lowest BCUT2D eigenvalue weighted by Crippen LogP contribution is -2.13. The lowest BCUT2D eigenvalue weighted by atomic mass is 10.1. The van der Waals surface area contributed by atoms with E-state index in [0.29, 0.717) is 16.9 Å². The molecule has 0 saturated heterocycles. The standard InChI is InChI=1S/C19H15ClFN3O4/c1-11-8-14(12(2)23(11)13-5-6-16(21)15(20)9-13)17(25)10-28-18-4-3-7-22-19(18)24(26)27/h3-9H,10H2,1-2H3. The van der Waals surface area contributed by atoms with Crippen molar-refractivity contribution in [1.29, 1.82) is 0 Å². The van der Waals surface area contributed by atoms with Crippen LogP contribution in [0.4, 0.5) is 10.2 Å². The molecule has 28 heavy (non-hydrogen) atoms. The van der Waals surface area contributed by atoms with Gasteiger partial charge in [0.1, 0.15) is 12.0 Å². The fraction of sp³-hybridized carbons (Fsp3) is 0.158. The number of hydrogen-bond donors (Lipinski definition) is 0. The number of benzene rings is 1. The number of ether oxygens (including phenoxy) is 1. The molecule has 1 aromatic carbocycles. The van der Waals surface area contributed by atoms with Gasteiger partial charge in [-0.05, 0) is 60.2 Å². The van der Waals surface area contributed by atoms with Crippen LogP contribution in [-0.4, -0.2) is 26.9 Å². The van der Waals surface area contributed by atoms with Gasteiger partial charge in [-0.2, -0.15) is 0 Å². The molecule has 0 unspecified atom stereocenters. The number of halogens is 2. The largest absolute Gasteiger partial charge is 0.477 e. The highest BCUT2D eigenvalue weighted by Crippen LogP contribution is 2.26. The van der Waals surface area contributed by atoms with Gasteiger partial charge in [0.25, 0.3) is 0 Å². The third-order valence-electron chi connectivity index (χ3n) is 4.18. The van der Waals surface area contributed by atoms with Crippen LogP contribution >= 0.6 is 11.6 Å². The first-order valence-corrected chi connectivity index (χ1v) is 8.57. The molecule has 0 N–H and O–H groups in total. The van der Waals surface area contributed by atoms with Gasteiger partial charge in [0.15, 0.2) is 6.61 Å². The van der Waals surface area contributed by atoms with Crippen LogP contribution in [0.3, 0.4) is 0 Å². The van der Waals surface area contributed by atoms with Gasteiger partial charge >= 0.3 is 5.82 Å². The van der Waals surface area contributed by atoms with Crippen LogP contribution < -0.4 is 4.74 Å². The molecule has 0 amide bonds. The molecule has 0 aliphatic carbocycles. The number of ketones is 1. The Morgan fingerprint density at radius 3 is 2.75 bits per heavy atom. The first-order chi connectivity index (χ1) is 13.3. The van der Waals surface area contributed by atoms with Crippen molar-refractivity contribution in [2.75, 3.05) is 6.61 Å². The minimum absolute atomic E-state index is 0.0231. The summed E-state index contributed by atoms with van der Waals surface area (Å²) >= 11 is 5.86. The molecule has 9 heteroatoms. The number of aryl methyl sites for hydroxylation is 1. The minimum Gasteiger partial charge on any atom is -0.477 e. The molecule has 0 bridgehead atoms. The van der Waals surface area contributed by atoms with Crippen molar-refractivity contribution in [3.05, 3.63) is 80.5 Å². The zero-order valence-electron chi connectivity index (χ0n) is 15.0. The summed E-state index contributed by atoms with van der Waals surface area (Å²) in [5.74, 6) is -1.43. The van der Waals surface area contributed by atoms with Gasteiger partial charge in [-0.3, -0.25) is 4.79 Å². The second kappa shape index (κ2) is 7.77. The molecule has 144 valence electrons. The lowest BCUT2D eigenvalue weighted by molar-refractivity contribution is -0.390. The van der Waals surface area contributed by atoms with Gasteiger partial charge in [0.05, 0.1) is 5.02 Å². The number of Topliss-reactive ketones (excluding diaryl/α,β-unsaturated/α-hetero) is 1. The quantitative estimate of drug-likeness (QED) is 0.344. The van der Waals surface area contributed by atoms with Crippen molar-refractivity contribution in [1.82, 2.24) is 9.55 Å². The van der Waals surface area contributed by atoms with Crippen LogP contribution in [0.2, 0.25) is 5.02 Å². The fourth-order valence-corrected chi connectivity index (χ4v) is 3.09. The molecule has 0 saturated carbocycles. The van der Waals surface area contributed by atoms with Crippen molar-refractivity contribution in [3.63, 3.8) is 0 Å². The Labute approximate surface area is 164 Å². The monoisotopic (exact) mass is 403 g/mol. The Bertz CT molecular complexity index is 1080. The normalized spacial score (nSPS) is 10.7. The maximum atomic E-state index is 13.4. The summed E-state index contributed by atoms with van der Waals surface area (Å²) in [4.78, 5) is 26.6. The molecule has 3 rings (SSSR count). The molecule has 0 aliphatic heterocycles. The van der Waals surface area contributed by atoms with E-state index < -0.39 is 16.6 Å². The summed E-state index contributed by atoms with van der Waals surface area (Å²) in [6.07, 6.45) is 1.27. The summed E-state index contributed by atoms with van der Waals surface area (Å²) in [6, 6.07) is 8.82. The maximum absolute atomic E-state index is 13.4. The fourth-order valence-electron chi connectivity index (χ4n) is 2.92. The first-order valence-electron chi connectivity index (χ1n) is 8.19. The van der Waals surface area contributed by atoms with Gasteiger partial charge in [0.2, 0.25) is 11.5 Å². The Kier molecular flexibility index (Phi) is 5.41. The van der Waals surface area contributed by atoms with Gasteiger partial charge in [0, 0.05) is 22.6 Å². The molecule has 2 aromatic heterocycles. The third-order valence-corrected chi connectivity index (χ3v) is 4.47. The van der Waals surface area contributed by atoms with Crippen LogP contribution in [0.25, 0.3) is 5.69 Å². The molecule has 0 atom stereocenters. The van der Waals surface area contributed by atoms with E-state index in [4.69, 9.17) is 16.3 Å². The van der Waals surface area contributed by atoms with Crippen LogP contribution in [0.5, 0.6) is 5.75 Å². The molecule has 2 heterocycles. The van der Waals surface area contributed by atoms with E-state index in [1.807, 2.05) is 0 Å². The summed E-state index contributed by atoms with van der Waals surface area (Å²) in [6.45, 7) is 3.15. The average Bonchev–Trinajstić information content (AvgIpc) is 2.96. The van der Waals surface area contributed by atoms with Gasteiger partial charge < -0.3 is 19.4 Å². The van der Waals surface area contributed by atoms with E-state index in [9.17, 15) is 19.3 Å². The molecule has 0 fully saturated rings. The van der Waals surface area contributed by atoms with E-state index >= 15 is 0 Å². The molecule has 0 radical (unpaired) electrons. The van der Waals surface area contributed by atoms with Crippen LogP contribution in [-0.2, 0) is 0 Å². The average molecular weight is 404 g/mol. The number of nitro groups is 1. The van der Waals surface area contributed by atoms with Crippen LogP contribution in [0, 0.1) is 29.8 Å². The second-order valence-corrected chi connectivity index (χ2v) is 6.42. The van der Waals surface area contributed by atoms with Crippen molar-refractivity contribution in [2.45, 2.75) is 13.8 Å². The highest BCUT2D eigenvalue weighted by molar-refractivity contribution is 6.30. The Hall–Kier alpha value is -3.26. The Morgan fingerprint density at radius 1 is 1.32 bits per heavy atom. The molecule has 7 nitrogen and oxygen atoms in total.